The fourth-order valence-electron chi connectivity index (χ4n) is 1.34. The number of nitrogen functional groups attached to an aromatic ring is 1. The minimum absolute atomic E-state index is 0.0783. The van der Waals surface area contributed by atoms with Crippen molar-refractivity contribution in [2.24, 2.45) is 0 Å². The molecule has 1 aromatic carbocycles. The number of aryl methyl sites for hydroxylation is 1. The molecule has 0 saturated heterocycles. The van der Waals surface area contributed by atoms with Crippen LogP contribution >= 0.6 is 0 Å². The topological polar surface area (TPSA) is 46.3 Å². The molecule has 15 heavy (non-hydrogen) atoms. The Bertz CT molecular complexity index is 418. The van der Waals surface area contributed by atoms with E-state index in [2.05, 4.69) is 5.92 Å². The average molecular weight is 202 g/mol. The third kappa shape index (κ3) is 2.50. The molecule has 1 rings (SSSR count). The van der Waals surface area contributed by atoms with Gasteiger partial charge in [0.05, 0.1) is 6.54 Å². The molecule has 0 spiro atoms. The van der Waals surface area contributed by atoms with E-state index in [-0.39, 0.29) is 5.91 Å². The van der Waals surface area contributed by atoms with E-state index < -0.39 is 0 Å². The van der Waals surface area contributed by atoms with Gasteiger partial charge in [0.15, 0.2) is 0 Å². The summed E-state index contributed by atoms with van der Waals surface area (Å²) in [4.78, 5) is 13.4. The molecular weight excluding hydrogens is 188 g/mol. The summed E-state index contributed by atoms with van der Waals surface area (Å²) >= 11 is 0. The Kier molecular flexibility index (Phi) is 3.35. The van der Waals surface area contributed by atoms with Crippen molar-refractivity contribution in [2.45, 2.75) is 6.92 Å². The largest absolute Gasteiger partial charge is 0.399 e. The summed E-state index contributed by atoms with van der Waals surface area (Å²) in [6.45, 7) is 2.16. The smallest absolute Gasteiger partial charge is 0.254 e. The summed E-state index contributed by atoms with van der Waals surface area (Å²) in [7, 11) is 1.68. The van der Waals surface area contributed by atoms with Crippen LogP contribution in [0, 0.1) is 19.3 Å². The standard InChI is InChI=1S/C12H14N2O/c1-4-7-14(3)12(15)11-6-5-10(13)8-9(11)2/h1,5-6,8H,7,13H2,2-3H3. The van der Waals surface area contributed by atoms with Crippen molar-refractivity contribution in [3.63, 3.8) is 0 Å². The number of amides is 1. The van der Waals surface area contributed by atoms with Gasteiger partial charge >= 0.3 is 0 Å². The van der Waals surface area contributed by atoms with Crippen molar-refractivity contribution < 1.29 is 4.79 Å². The van der Waals surface area contributed by atoms with Crippen molar-refractivity contribution in [3.8, 4) is 12.3 Å². The van der Waals surface area contributed by atoms with E-state index >= 15 is 0 Å². The summed E-state index contributed by atoms with van der Waals surface area (Å²) in [6.07, 6.45) is 5.14. The maximum atomic E-state index is 11.9. The van der Waals surface area contributed by atoms with Crippen LogP contribution in [0.3, 0.4) is 0 Å². The maximum absolute atomic E-state index is 11.9. The highest BCUT2D eigenvalue weighted by atomic mass is 16.2. The molecule has 0 aliphatic rings. The summed E-state index contributed by atoms with van der Waals surface area (Å²) in [6, 6.07) is 5.21. The van der Waals surface area contributed by atoms with E-state index in [0.29, 0.717) is 17.8 Å². The van der Waals surface area contributed by atoms with Crippen molar-refractivity contribution >= 4 is 11.6 Å². The number of nitrogens with two attached hydrogens (primary N) is 1. The van der Waals surface area contributed by atoms with Crippen molar-refractivity contribution in [1.82, 2.24) is 4.90 Å². The molecule has 1 amide bonds. The number of nitrogens with zero attached hydrogens (tertiary/aromatic N) is 1. The molecule has 2 N–H and O–H groups in total. The van der Waals surface area contributed by atoms with E-state index in [1.807, 2.05) is 6.92 Å². The van der Waals surface area contributed by atoms with Crippen LogP contribution in [0.5, 0.6) is 0 Å². The number of carbonyl (C=O) groups is 1. The third-order valence-electron chi connectivity index (χ3n) is 2.16. The molecule has 0 radical (unpaired) electrons. The zero-order valence-electron chi connectivity index (χ0n) is 8.95. The Morgan fingerprint density at radius 1 is 1.60 bits per heavy atom. The Morgan fingerprint density at radius 3 is 2.80 bits per heavy atom. The van der Waals surface area contributed by atoms with Crippen LogP contribution in [0.1, 0.15) is 15.9 Å². The molecule has 0 fully saturated rings. The molecule has 0 saturated carbocycles. The van der Waals surface area contributed by atoms with Crippen LogP contribution in [-0.4, -0.2) is 24.4 Å². The SMILES string of the molecule is C#CCN(C)C(=O)c1ccc(N)cc1C. The van der Waals surface area contributed by atoms with Gasteiger partial charge in [-0.05, 0) is 30.7 Å². The number of carbonyl (C=O) groups excluding carboxylic acids is 1. The molecule has 0 unspecified atom stereocenters. The lowest BCUT2D eigenvalue weighted by Gasteiger charge is -2.15. The predicted octanol–water partition coefficient (Wildman–Crippen LogP) is 1.28. The fraction of sp³-hybridized carbons (Fsp3) is 0.250. The quantitative estimate of drug-likeness (QED) is 0.580. The summed E-state index contributed by atoms with van der Waals surface area (Å²) in [5, 5.41) is 0. The zero-order valence-corrected chi connectivity index (χ0v) is 8.95. The second kappa shape index (κ2) is 4.52. The first-order chi connectivity index (χ1) is 7.06. The number of rotatable bonds is 2. The van der Waals surface area contributed by atoms with Gasteiger partial charge in [-0.25, -0.2) is 0 Å². The fourth-order valence-corrected chi connectivity index (χ4v) is 1.34. The van der Waals surface area contributed by atoms with Crippen LogP contribution < -0.4 is 5.73 Å². The van der Waals surface area contributed by atoms with E-state index in [1.165, 1.54) is 4.90 Å². The first-order valence-electron chi connectivity index (χ1n) is 4.61. The van der Waals surface area contributed by atoms with E-state index in [0.717, 1.165) is 5.56 Å². The van der Waals surface area contributed by atoms with Crippen molar-refractivity contribution in [2.75, 3.05) is 19.3 Å². The highest BCUT2D eigenvalue weighted by Crippen LogP contribution is 2.13. The number of hydrogen-bond acceptors (Lipinski definition) is 2. The Hall–Kier alpha value is -1.95. The second-order valence-electron chi connectivity index (χ2n) is 3.44. The zero-order chi connectivity index (χ0) is 11.4. The molecule has 0 aromatic heterocycles. The molecule has 0 bridgehead atoms. The minimum Gasteiger partial charge on any atom is -0.399 e. The molecule has 0 atom stereocenters. The Morgan fingerprint density at radius 2 is 2.27 bits per heavy atom. The van der Waals surface area contributed by atoms with Crippen LogP contribution in [-0.2, 0) is 0 Å². The van der Waals surface area contributed by atoms with Gasteiger partial charge in [0.2, 0.25) is 0 Å². The second-order valence-corrected chi connectivity index (χ2v) is 3.44. The van der Waals surface area contributed by atoms with Gasteiger partial charge in [-0.1, -0.05) is 5.92 Å². The monoisotopic (exact) mass is 202 g/mol. The van der Waals surface area contributed by atoms with Gasteiger partial charge in [0.25, 0.3) is 5.91 Å². The first kappa shape index (κ1) is 11.1. The molecule has 0 aliphatic carbocycles. The lowest BCUT2D eigenvalue weighted by molar-refractivity contribution is 0.0812. The van der Waals surface area contributed by atoms with Crippen molar-refractivity contribution in [3.05, 3.63) is 29.3 Å². The highest BCUT2D eigenvalue weighted by Gasteiger charge is 2.12. The van der Waals surface area contributed by atoms with E-state index in [1.54, 1.807) is 25.2 Å². The number of anilines is 1. The molecule has 0 aliphatic heterocycles. The lowest BCUT2D eigenvalue weighted by Crippen LogP contribution is -2.27. The summed E-state index contributed by atoms with van der Waals surface area (Å²) < 4.78 is 0. The van der Waals surface area contributed by atoms with Gasteiger partial charge in [0.1, 0.15) is 0 Å². The van der Waals surface area contributed by atoms with Crippen LogP contribution in [0.25, 0.3) is 0 Å². The molecule has 3 nitrogen and oxygen atoms in total. The van der Waals surface area contributed by atoms with Crippen molar-refractivity contribution in [1.29, 1.82) is 0 Å². The third-order valence-corrected chi connectivity index (χ3v) is 2.16. The Labute approximate surface area is 89.9 Å². The number of hydrogen-bond donors (Lipinski definition) is 1. The molecule has 1 aromatic rings. The van der Waals surface area contributed by atoms with E-state index in [9.17, 15) is 4.79 Å². The average Bonchev–Trinajstić information content (AvgIpc) is 2.17. The highest BCUT2D eigenvalue weighted by molar-refractivity contribution is 5.96. The summed E-state index contributed by atoms with van der Waals surface area (Å²) in [5.41, 5.74) is 7.77. The van der Waals surface area contributed by atoms with Gasteiger partial charge in [0, 0.05) is 18.3 Å². The predicted molar refractivity (Wildman–Crippen MR) is 61.4 cm³/mol. The van der Waals surface area contributed by atoms with Crippen LogP contribution in [0.4, 0.5) is 5.69 Å². The maximum Gasteiger partial charge on any atom is 0.254 e. The minimum atomic E-state index is -0.0783. The first-order valence-corrected chi connectivity index (χ1v) is 4.61. The number of benzene rings is 1. The van der Waals surface area contributed by atoms with Crippen LogP contribution in [0.15, 0.2) is 18.2 Å². The van der Waals surface area contributed by atoms with Gasteiger partial charge < -0.3 is 10.6 Å². The molecular formula is C12H14N2O. The lowest BCUT2D eigenvalue weighted by atomic mass is 10.1. The van der Waals surface area contributed by atoms with Gasteiger partial charge in [-0.3, -0.25) is 4.79 Å². The summed E-state index contributed by atoms with van der Waals surface area (Å²) in [5.74, 6) is 2.35. The van der Waals surface area contributed by atoms with E-state index in [4.69, 9.17) is 12.2 Å². The van der Waals surface area contributed by atoms with Gasteiger partial charge in [-0.15, -0.1) is 6.42 Å². The van der Waals surface area contributed by atoms with Gasteiger partial charge in [-0.2, -0.15) is 0 Å². The Balaban J connectivity index is 2.97. The molecule has 78 valence electrons. The normalized spacial score (nSPS) is 9.40. The molecule has 3 heteroatoms. The van der Waals surface area contributed by atoms with Crippen LogP contribution in [0.2, 0.25) is 0 Å². The number of terminal acetylenes is 1. The molecule has 0 heterocycles.